The van der Waals surface area contributed by atoms with E-state index in [1.807, 2.05) is 0 Å². The SMILES string of the molecule is C[C@]12CC[C@H](O[C@@H]3O[C@H](CO)[C@@H](O)[C@H](O)[C@H]3O)C[C@H]1CC[C@@H]1[C@@H]2CC[C@]2(C)[C@@H](c3ccc(=O)oc3)[C@@H](O[C@@H]3O[C@H](CO)[C@@H](O)[C@H](O)[C@H]3O)[C@H]3O[C@]132. The van der Waals surface area contributed by atoms with Gasteiger partial charge in [0.2, 0.25) is 0 Å². The van der Waals surface area contributed by atoms with Gasteiger partial charge >= 0.3 is 5.63 Å². The van der Waals surface area contributed by atoms with Gasteiger partial charge in [0.1, 0.15) is 60.5 Å². The quantitative estimate of drug-likeness (QED) is 0.123. The normalized spacial score (nSPS) is 54.9. The van der Waals surface area contributed by atoms with Gasteiger partial charge in [0.05, 0.1) is 31.7 Å². The Labute approximate surface area is 295 Å². The first-order valence-electron chi connectivity index (χ1n) is 18.5. The summed E-state index contributed by atoms with van der Waals surface area (Å²) >= 11 is 0. The fraction of sp³-hybridized carbons (Fsp3) is 0.861. The van der Waals surface area contributed by atoms with E-state index in [-0.39, 0.29) is 29.5 Å². The molecule has 51 heavy (non-hydrogen) atoms. The number of aliphatic hydroxyl groups is 8. The van der Waals surface area contributed by atoms with Crippen LogP contribution in [0.2, 0.25) is 0 Å². The second kappa shape index (κ2) is 13.0. The molecule has 1 aromatic heterocycles. The second-order valence-corrected chi connectivity index (χ2v) is 16.7. The number of epoxide rings is 1. The lowest BCUT2D eigenvalue weighted by Gasteiger charge is -2.61. The van der Waals surface area contributed by atoms with Gasteiger partial charge in [0.15, 0.2) is 12.6 Å². The molecule has 3 aliphatic heterocycles. The van der Waals surface area contributed by atoms with E-state index in [2.05, 4.69) is 13.8 Å². The lowest BCUT2D eigenvalue weighted by molar-refractivity contribution is -0.317. The Bertz CT molecular complexity index is 1470. The smallest absolute Gasteiger partial charge is 0.335 e. The van der Waals surface area contributed by atoms with Crippen LogP contribution >= 0.6 is 0 Å². The Hall–Kier alpha value is -1.57. The first kappa shape index (κ1) is 36.4. The van der Waals surface area contributed by atoms with Crippen molar-refractivity contribution in [2.75, 3.05) is 13.2 Å². The average molecular weight is 725 g/mol. The van der Waals surface area contributed by atoms with Crippen molar-refractivity contribution in [3.05, 3.63) is 34.4 Å². The topological polar surface area (TPSA) is 241 Å². The molecule has 20 atom stereocenters. The molecule has 1 aromatic rings. The molecule has 15 heteroatoms. The summed E-state index contributed by atoms with van der Waals surface area (Å²) in [5, 5.41) is 82.4. The van der Waals surface area contributed by atoms with Gasteiger partial charge in [-0.05, 0) is 79.7 Å². The van der Waals surface area contributed by atoms with Crippen molar-refractivity contribution in [1.82, 2.24) is 0 Å². The summed E-state index contributed by atoms with van der Waals surface area (Å²) in [6, 6.07) is 3.12. The second-order valence-electron chi connectivity index (χ2n) is 16.7. The summed E-state index contributed by atoms with van der Waals surface area (Å²) < 4.78 is 36.4. The van der Waals surface area contributed by atoms with Gasteiger partial charge < -0.3 is 69.0 Å². The molecular weight excluding hydrogens is 672 g/mol. The molecule has 7 fully saturated rings. The van der Waals surface area contributed by atoms with Crippen molar-refractivity contribution in [3.8, 4) is 0 Å². The molecule has 4 heterocycles. The fourth-order valence-corrected chi connectivity index (χ4v) is 11.7. The number of hydrogen-bond acceptors (Lipinski definition) is 15. The molecule has 1 spiro atoms. The molecule has 3 saturated heterocycles. The third-order valence-corrected chi connectivity index (χ3v) is 14.5. The van der Waals surface area contributed by atoms with E-state index >= 15 is 0 Å². The van der Waals surface area contributed by atoms with E-state index in [9.17, 15) is 45.6 Å². The molecule has 0 aromatic carbocycles. The average Bonchev–Trinajstić information content (AvgIpc) is 3.83. The van der Waals surface area contributed by atoms with Crippen molar-refractivity contribution in [2.24, 2.45) is 28.6 Å². The Morgan fingerprint density at radius 1 is 0.765 bits per heavy atom. The van der Waals surface area contributed by atoms with E-state index in [0.717, 1.165) is 44.1 Å². The van der Waals surface area contributed by atoms with Gasteiger partial charge in [-0.3, -0.25) is 0 Å². The minimum atomic E-state index is -1.60. The van der Waals surface area contributed by atoms with Crippen molar-refractivity contribution < 1.29 is 69.0 Å². The van der Waals surface area contributed by atoms with Crippen molar-refractivity contribution in [3.63, 3.8) is 0 Å². The highest BCUT2D eigenvalue weighted by molar-refractivity contribution is 5.38. The zero-order valence-electron chi connectivity index (χ0n) is 28.8. The fourth-order valence-electron chi connectivity index (χ4n) is 11.7. The van der Waals surface area contributed by atoms with Crippen LogP contribution in [0.5, 0.6) is 0 Å². The van der Waals surface area contributed by atoms with Crippen molar-refractivity contribution in [1.29, 1.82) is 0 Å². The highest BCUT2D eigenvalue weighted by Gasteiger charge is 2.84. The van der Waals surface area contributed by atoms with Crippen LogP contribution in [0.25, 0.3) is 0 Å². The van der Waals surface area contributed by atoms with Crippen LogP contribution in [0.4, 0.5) is 0 Å². The lowest BCUT2D eigenvalue weighted by Crippen LogP contribution is -2.61. The Morgan fingerprint density at radius 2 is 1.41 bits per heavy atom. The predicted molar refractivity (Wildman–Crippen MR) is 172 cm³/mol. The van der Waals surface area contributed by atoms with Gasteiger partial charge in [0.25, 0.3) is 0 Å². The molecular formula is C36H52O15. The van der Waals surface area contributed by atoms with Crippen LogP contribution in [0.15, 0.2) is 27.6 Å². The predicted octanol–water partition coefficient (Wildman–Crippen LogP) is -1.12. The Kier molecular flexibility index (Phi) is 9.30. The van der Waals surface area contributed by atoms with Crippen molar-refractivity contribution >= 4 is 0 Å². The summed E-state index contributed by atoms with van der Waals surface area (Å²) in [7, 11) is 0. The zero-order valence-corrected chi connectivity index (χ0v) is 28.8. The maximum atomic E-state index is 12.0. The summed E-state index contributed by atoms with van der Waals surface area (Å²) in [5.74, 6) is 0.471. The maximum absolute atomic E-state index is 12.0. The first-order valence-corrected chi connectivity index (χ1v) is 18.5. The van der Waals surface area contributed by atoms with Gasteiger partial charge in [-0.25, -0.2) is 4.79 Å². The molecule has 0 unspecified atom stereocenters. The third-order valence-electron chi connectivity index (χ3n) is 14.5. The molecule has 15 nitrogen and oxygen atoms in total. The van der Waals surface area contributed by atoms with Crippen LogP contribution in [-0.4, -0.2) is 139 Å². The van der Waals surface area contributed by atoms with Gasteiger partial charge in [0, 0.05) is 17.4 Å². The summed E-state index contributed by atoms with van der Waals surface area (Å²) in [6.07, 6.45) is -7.79. The summed E-state index contributed by atoms with van der Waals surface area (Å²) in [5.41, 5.74) is -0.801. The van der Waals surface area contributed by atoms with Gasteiger partial charge in [-0.1, -0.05) is 13.8 Å². The molecule has 0 bridgehead atoms. The van der Waals surface area contributed by atoms with E-state index in [4.69, 9.17) is 28.1 Å². The van der Waals surface area contributed by atoms with E-state index in [0.29, 0.717) is 18.3 Å². The van der Waals surface area contributed by atoms with Crippen LogP contribution in [0.1, 0.15) is 70.3 Å². The van der Waals surface area contributed by atoms with E-state index in [1.54, 1.807) is 6.07 Å². The van der Waals surface area contributed by atoms with Crippen molar-refractivity contribution in [2.45, 2.75) is 150 Å². The molecule has 8 rings (SSSR count). The molecule has 4 saturated carbocycles. The highest BCUT2D eigenvalue weighted by atomic mass is 16.7. The first-order chi connectivity index (χ1) is 24.3. The standard InChI is InChI=1S/C36H52O15/c1-34-9-7-17(47-32-28(44)26(42)24(40)20(12-37)48-32)11-16(34)4-5-19-18(34)8-10-35(2)23(15-3-6-22(39)46-14-15)30(31-36(19,35)51-31)50-33-29(45)27(43)25(41)21(13-38)49-33/h3,6,14,16-21,23-33,37-38,40-45H,4-5,7-13H2,1-2H3/t16-,17+,18+,19-,20-,21-,23+,24-,25-,26+,27+,28-,29-,30-,31-,32-,33+,34+,35-,36-/m1/s1. The minimum absolute atomic E-state index is 0.0456. The molecule has 4 aliphatic carbocycles. The zero-order chi connectivity index (χ0) is 36.2. The van der Waals surface area contributed by atoms with Crippen LogP contribution in [-0.2, 0) is 23.7 Å². The molecule has 286 valence electrons. The van der Waals surface area contributed by atoms with Crippen LogP contribution in [0.3, 0.4) is 0 Å². The Morgan fingerprint density at radius 3 is 2.02 bits per heavy atom. The highest BCUT2D eigenvalue weighted by Crippen LogP contribution is 2.78. The number of ether oxygens (including phenoxy) is 5. The molecule has 0 amide bonds. The largest absolute Gasteiger partial charge is 0.431 e. The maximum Gasteiger partial charge on any atom is 0.335 e. The minimum Gasteiger partial charge on any atom is -0.431 e. The number of rotatable bonds is 7. The third kappa shape index (κ3) is 5.37. The summed E-state index contributed by atoms with van der Waals surface area (Å²) in [4.78, 5) is 12.0. The molecule has 8 N–H and O–H groups in total. The lowest BCUT2D eigenvalue weighted by atomic mass is 9.44. The van der Waals surface area contributed by atoms with Crippen LogP contribution < -0.4 is 5.63 Å². The number of hydrogen-bond donors (Lipinski definition) is 8. The molecule has 0 radical (unpaired) electrons. The van der Waals surface area contributed by atoms with Crippen LogP contribution in [0, 0.1) is 28.6 Å². The van der Waals surface area contributed by atoms with E-state index < -0.39 is 97.4 Å². The Balaban J connectivity index is 1.04. The molecule has 7 aliphatic rings. The number of aliphatic hydroxyl groups excluding tert-OH is 8. The van der Waals surface area contributed by atoms with Gasteiger partial charge in [-0.15, -0.1) is 0 Å². The summed E-state index contributed by atoms with van der Waals surface area (Å²) in [6.45, 7) is 3.46. The monoisotopic (exact) mass is 724 g/mol. The van der Waals surface area contributed by atoms with E-state index in [1.165, 1.54) is 12.3 Å². The number of fused-ring (bicyclic) bond motifs is 3. The van der Waals surface area contributed by atoms with Gasteiger partial charge in [-0.2, -0.15) is 0 Å².